The van der Waals surface area contributed by atoms with E-state index < -0.39 is 0 Å². The van der Waals surface area contributed by atoms with Gasteiger partial charge in [-0.15, -0.1) is 0 Å². The third-order valence-electron chi connectivity index (χ3n) is 3.69. The van der Waals surface area contributed by atoms with Crippen molar-refractivity contribution in [2.45, 2.75) is 12.6 Å². The number of imidazole rings is 1. The maximum absolute atomic E-state index is 5.93. The third-order valence-corrected chi connectivity index (χ3v) is 4.41. The van der Waals surface area contributed by atoms with E-state index in [9.17, 15) is 0 Å². The minimum Gasteiger partial charge on any atom is -0.371 e. The first-order valence-electron chi connectivity index (χ1n) is 6.78. The summed E-state index contributed by atoms with van der Waals surface area (Å²) in [6, 6.07) is 8.28. The molecule has 1 fully saturated rings. The molecule has 0 saturated carbocycles. The molecule has 0 amide bonds. The van der Waals surface area contributed by atoms with Crippen molar-refractivity contribution in [2.24, 2.45) is 7.05 Å². The Morgan fingerprint density at radius 1 is 1.40 bits per heavy atom. The molecular weight excluding hydrogens is 318 g/mol. The Morgan fingerprint density at radius 2 is 2.25 bits per heavy atom. The molecule has 5 heteroatoms. The number of hydrogen-bond donors (Lipinski definition) is 0. The molecule has 0 bridgehead atoms. The molecule has 1 saturated heterocycles. The molecule has 106 valence electrons. The SMILES string of the molecule is Cn1ccnc1CN1CCO[C@@H](c2ccccc2Br)C1. The number of aromatic nitrogens is 2. The Bertz CT molecular complexity index is 584. The fourth-order valence-electron chi connectivity index (χ4n) is 2.52. The van der Waals surface area contributed by atoms with Gasteiger partial charge in [-0.1, -0.05) is 34.1 Å². The zero-order chi connectivity index (χ0) is 13.9. The van der Waals surface area contributed by atoms with Crippen molar-refractivity contribution in [2.75, 3.05) is 19.7 Å². The molecule has 1 aliphatic rings. The van der Waals surface area contributed by atoms with Gasteiger partial charge < -0.3 is 9.30 Å². The van der Waals surface area contributed by atoms with Gasteiger partial charge in [0.25, 0.3) is 0 Å². The smallest absolute Gasteiger partial charge is 0.122 e. The van der Waals surface area contributed by atoms with Crippen LogP contribution in [0.4, 0.5) is 0 Å². The van der Waals surface area contributed by atoms with Crippen molar-refractivity contribution in [1.29, 1.82) is 0 Å². The lowest BCUT2D eigenvalue weighted by atomic mass is 10.1. The Hall–Kier alpha value is -1.17. The lowest BCUT2D eigenvalue weighted by Gasteiger charge is -2.33. The number of morpholine rings is 1. The highest BCUT2D eigenvalue weighted by Crippen LogP contribution is 2.28. The second-order valence-corrected chi connectivity index (χ2v) is 5.92. The Labute approximate surface area is 127 Å². The van der Waals surface area contributed by atoms with Crippen LogP contribution in [0.15, 0.2) is 41.1 Å². The van der Waals surface area contributed by atoms with Crippen LogP contribution in [0.3, 0.4) is 0 Å². The molecular formula is C15H18BrN3O. The maximum Gasteiger partial charge on any atom is 0.122 e. The Morgan fingerprint density at radius 3 is 3.00 bits per heavy atom. The van der Waals surface area contributed by atoms with E-state index in [1.807, 2.05) is 25.5 Å². The number of aryl methyl sites for hydroxylation is 1. The van der Waals surface area contributed by atoms with E-state index in [4.69, 9.17) is 4.74 Å². The van der Waals surface area contributed by atoms with Crippen molar-refractivity contribution < 1.29 is 4.74 Å². The van der Waals surface area contributed by atoms with Crippen LogP contribution in [0.1, 0.15) is 17.5 Å². The molecule has 0 unspecified atom stereocenters. The van der Waals surface area contributed by atoms with Crippen LogP contribution in [0.2, 0.25) is 0 Å². The minimum absolute atomic E-state index is 0.125. The molecule has 4 nitrogen and oxygen atoms in total. The first-order valence-corrected chi connectivity index (χ1v) is 7.58. The summed E-state index contributed by atoms with van der Waals surface area (Å²) in [7, 11) is 2.04. The fourth-order valence-corrected chi connectivity index (χ4v) is 3.06. The summed E-state index contributed by atoms with van der Waals surface area (Å²) in [6.07, 6.45) is 3.96. The van der Waals surface area contributed by atoms with Gasteiger partial charge in [-0.2, -0.15) is 0 Å². The van der Waals surface area contributed by atoms with Gasteiger partial charge in [-0.25, -0.2) is 4.98 Å². The van der Waals surface area contributed by atoms with Crippen molar-refractivity contribution in [3.8, 4) is 0 Å². The molecule has 0 spiro atoms. The summed E-state index contributed by atoms with van der Waals surface area (Å²) in [5.41, 5.74) is 1.22. The summed E-state index contributed by atoms with van der Waals surface area (Å²) in [4.78, 5) is 6.80. The highest BCUT2D eigenvalue weighted by atomic mass is 79.9. The highest BCUT2D eigenvalue weighted by Gasteiger charge is 2.24. The number of ether oxygens (including phenoxy) is 1. The van der Waals surface area contributed by atoms with E-state index in [0.29, 0.717) is 0 Å². The van der Waals surface area contributed by atoms with Gasteiger partial charge in [-0.3, -0.25) is 4.90 Å². The zero-order valence-corrected chi connectivity index (χ0v) is 13.1. The van der Waals surface area contributed by atoms with Gasteiger partial charge in [0.05, 0.1) is 19.3 Å². The highest BCUT2D eigenvalue weighted by molar-refractivity contribution is 9.10. The molecule has 0 radical (unpaired) electrons. The minimum atomic E-state index is 0.125. The van der Waals surface area contributed by atoms with E-state index in [-0.39, 0.29) is 6.10 Å². The normalized spacial score (nSPS) is 20.2. The Kier molecular flexibility index (Phi) is 4.19. The molecule has 1 aliphatic heterocycles. The molecule has 2 aromatic rings. The number of hydrogen-bond acceptors (Lipinski definition) is 3. The quantitative estimate of drug-likeness (QED) is 0.863. The molecule has 3 rings (SSSR count). The summed E-state index contributed by atoms with van der Waals surface area (Å²) in [5.74, 6) is 1.10. The molecule has 1 aromatic carbocycles. The van der Waals surface area contributed by atoms with Crippen molar-refractivity contribution in [3.05, 3.63) is 52.5 Å². The Balaban J connectivity index is 1.71. The van der Waals surface area contributed by atoms with E-state index in [1.54, 1.807) is 0 Å². The predicted molar refractivity (Wildman–Crippen MR) is 81.3 cm³/mol. The summed E-state index contributed by atoms with van der Waals surface area (Å²) < 4.78 is 9.11. The van der Waals surface area contributed by atoms with Crippen LogP contribution in [0, 0.1) is 0 Å². The van der Waals surface area contributed by atoms with Crippen molar-refractivity contribution >= 4 is 15.9 Å². The number of halogens is 1. The van der Waals surface area contributed by atoms with E-state index in [0.717, 1.165) is 36.5 Å². The monoisotopic (exact) mass is 335 g/mol. The number of rotatable bonds is 3. The molecule has 1 aromatic heterocycles. The molecule has 2 heterocycles. The van der Waals surface area contributed by atoms with Crippen LogP contribution in [0.25, 0.3) is 0 Å². The summed E-state index contributed by atoms with van der Waals surface area (Å²) >= 11 is 3.61. The van der Waals surface area contributed by atoms with Gasteiger partial charge in [0.15, 0.2) is 0 Å². The van der Waals surface area contributed by atoms with Gasteiger partial charge in [0, 0.05) is 37.0 Å². The second-order valence-electron chi connectivity index (χ2n) is 5.07. The average molecular weight is 336 g/mol. The van der Waals surface area contributed by atoms with Gasteiger partial charge >= 0.3 is 0 Å². The number of nitrogens with zero attached hydrogens (tertiary/aromatic N) is 3. The summed E-state index contributed by atoms with van der Waals surface area (Å²) in [5, 5.41) is 0. The largest absolute Gasteiger partial charge is 0.371 e. The van der Waals surface area contributed by atoms with Crippen LogP contribution in [-0.4, -0.2) is 34.1 Å². The van der Waals surface area contributed by atoms with Crippen molar-refractivity contribution in [3.63, 3.8) is 0 Å². The maximum atomic E-state index is 5.93. The fraction of sp³-hybridized carbons (Fsp3) is 0.400. The standard InChI is InChI=1S/C15H18BrN3O/c1-18-7-6-17-15(18)11-19-8-9-20-14(10-19)12-4-2-3-5-13(12)16/h2-7,14H,8-11H2,1H3/t14-/m1/s1. The van der Waals surface area contributed by atoms with Crippen LogP contribution in [-0.2, 0) is 18.3 Å². The van der Waals surface area contributed by atoms with Gasteiger partial charge in [0.1, 0.15) is 5.82 Å². The molecule has 1 atom stereocenters. The lowest BCUT2D eigenvalue weighted by Crippen LogP contribution is -2.38. The van der Waals surface area contributed by atoms with Gasteiger partial charge in [0.2, 0.25) is 0 Å². The van der Waals surface area contributed by atoms with E-state index >= 15 is 0 Å². The molecule has 20 heavy (non-hydrogen) atoms. The van der Waals surface area contributed by atoms with Crippen LogP contribution in [0.5, 0.6) is 0 Å². The topological polar surface area (TPSA) is 30.3 Å². The predicted octanol–water partition coefficient (Wildman–Crippen LogP) is 2.76. The van der Waals surface area contributed by atoms with Crippen LogP contribution >= 0.6 is 15.9 Å². The van der Waals surface area contributed by atoms with E-state index in [1.165, 1.54) is 5.56 Å². The van der Waals surface area contributed by atoms with Gasteiger partial charge in [-0.05, 0) is 11.6 Å². The van der Waals surface area contributed by atoms with Crippen LogP contribution < -0.4 is 0 Å². The first kappa shape index (κ1) is 13.8. The molecule has 0 aliphatic carbocycles. The zero-order valence-electron chi connectivity index (χ0n) is 11.5. The first-order chi connectivity index (χ1) is 9.74. The average Bonchev–Trinajstić information content (AvgIpc) is 2.85. The summed E-state index contributed by atoms with van der Waals surface area (Å²) in [6.45, 7) is 3.48. The lowest BCUT2D eigenvalue weighted by molar-refractivity contribution is -0.0342. The molecule has 0 N–H and O–H groups in total. The number of benzene rings is 1. The van der Waals surface area contributed by atoms with E-state index in [2.05, 4.69) is 48.6 Å². The second kappa shape index (κ2) is 6.08. The van der Waals surface area contributed by atoms with Crippen molar-refractivity contribution in [1.82, 2.24) is 14.5 Å². The third kappa shape index (κ3) is 2.95.